The number of aromatic nitrogens is 2. The summed E-state index contributed by atoms with van der Waals surface area (Å²) in [6.45, 7) is 5.35. The highest BCUT2D eigenvalue weighted by Crippen LogP contribution is 2.38. The number of sulfonamides is 1. The summed E-state index contributed by atoms with van der Waals surface area (Å²) in [6, 6.07) is 8.34. The average molecular weight is 469 g/mol. The normalized spacial score (nSPS) is 13.8. The highest BCUT2D eigenvalue weighted by atomic mass is 32.2. The molecule has 9 heteroatoms. The topological polar surface area (TPSA) is 107 Å². The second kappa shape index (κ2) is 7.91. The van der Waals surface area contributed by atoms with Gasteiger partial charge in [0.2, 0.25) is 10.0 Å². The van der Waals surface area contributed by atoms with Gasteiger partial charge >= 0.3 is 0 Å². The van der Waals surface area contributed by atoms with E-state index in [-0.39, 0.29) is 4.90 Å². The molecule has 7 nitrogen and oxygen atoms in total. The Hall–Kier alpha value is -2.88. The number of carbonyl (C=O) groups excluding carboxylic acids is 1. The molecule has 1 aliphatic rings. The third-order valence-electron chi connectivity index (χ3n) is 4.94. The van der Waals surface area contributed by atoms with Crippen molar-refractivity contribution in [2.24, 2.45) is 5.73 Å². The van der Waals surface area contributed by atoms with Gasteiger partial charge in [0.15, 0.2) is 0 Å². The van der Waals surface area contributed by atoms with Gasteiger partial charge in [-0.3, -0.25) is 9.36 Å². The largest absolute Gasteiger partial charge is 0.366 e. The standard InChI is InChI=1S/C23H24N4O3S2/c1-23(2,3)26-32(29,30)17-10-8-14(9-11-17)20-19(21(24)28)18-12-16(31-4)13-25-22(18)27(20)15-6-5-7-15/h5-13,26H,1-4H3,(H2,24,28). The Morgan fingerprint density at radius 2 is 1.84 bits per heavy atom. The predicted octanol–water partition coefficient (Wildman–Crippen LogP) is 4.01. The number of primary amides is 1. The third-order valence-corrected chi connectivity index (χ3v) is 7.40. The maximum absolute atomic E-state index is 12.7. The van der Waals surface area contributed by atoms with Crippen molar-refractivity contribution in [3.63, 3.8) is 0 Å². The minimum absolute atomic E-state index is 0.144. The van der Waals surface area contributed by atoms with Crippen molar-refractivity contribution in [1.82, 2.24) is 14.3 Å². The maximum Gasteiger partial charge on any atom is 0.251 e. The second-order valence-corrected chi connectivity index (χ2v) is 11.1. The Balaban J connectivity index is 1.93. The number of hydrogen-bond donors (Lipinski definition) is 2. The van der Waals surface area contributed by atoms with E-state index in [0.29, 0.717) is 27.9 Å². The summed E-state index contributed by atoms with van der Waals surface area (Å²) in [5, 5.41) is 0.659. The number of hydrogen-bond acceptors (Lipinski definition) is 5. The van der Waals surface area contributed by atoms with Gasteiger partial charge in [-0.15, -0.1) is 11.8 Å². The van der Waals surface area contributed by atoms with Crippen LogP contribution in [0.3, 0.4) is 0 Å². The van der Waals surface area contributed by atoms with Gasteiger partial charge in [0.1, 0.15) is 5.65 Å². The van der Waals surface area contributed by atoms with E-state index in [1.54, 1.807) is 39.1 Å². The molecule has 1 aromatic carbocycles. The van der Waals surface area contributed by atoms with Gasteiger partial charge in [-0.2, -0.15) is 0 Å². The van der Waals surface area contributed by atoms with E-state index in [1.807, 2.05) is 35.1 Å². The number of carbonyl (C=O) groups is 1. The molecule has 2 heterocycles. The van der Waals surface area contributed by atoms with Crippen molar-refractivity contribution in [1.29, 1.82) is 0 Å². The first kappa shape index (κ1) is 22.3. The third kappa shape index (κ3) is 3.99. The van der Waals surface area contributed by atoms with Crippen molar-refractivity contribution < 1.29 is 13.2 Å². The number of nitrogens with two attached hydrogens (primary N) is 1. The van der Waals surface area contributed by atoms with Gasteiger partial charge in [0.05, 0.1) is 16.2 Å². The molecule has 166 valence electrons. The molecular formula is C23H24N4O3S2. The summed E-state index contributed by atoms with van der Waals surface area (Å²) < 4.78 is 29.9. The fraction of sp³-hybridized carbons (Fsp3) is 0.217. The Bertz CT molecular complexity index is 1390. The summed E-state index contributed by atoms with van der Waals surface area (Å²) in [5.41, 5.74) is 8.31. The molecule has 0 spiro atoms. The summed E-state index contributed by atoms with van der Waals surface area (Å²) in [6.07, 6.45) is 9.44. The van der Waals surface area contributed by atoms with E-state index in [2.05, 4.69) is 9.71 Å². The monoisotopic (exact) mass is 468 g/mol. The summed E-state index contributed by atoms with van der Waals surface area (Å²) >= 11 is 1.53. The molecule has 1 aliphatic carbocycles. The number of amides is 1. The molecule has 32 heavy (non-hydrogen) atoms. The van der Waals surface area contributed by atoms with Gasteiger partial charge in [0.25, 0.3) is 5.91 Å². The molecular weight excluding hydrogens is 444 g/mol. The quantitative estimate of drug-likeness (QED) is 0.532. The molecule has 0 saturated carbocycles. The van der Waals surface area contributed by atoms with Crippen LogP contribution in [0.15, 0.2) is 64.5 Å². The first-order chi connectivity index (χ1) is 15.0. The number of fused-ring (bicyclic) bond motifs is 1. The van der Waals surface area contributed by atoms with Gasteiger partial charge in [0, 0.05) is 27.7 Å². The number of rotatable bonds is 6. The van der Waals surface area contributed by atoms with Crippen LogP contribution >= 0.6 is 11.8 Å². The molecule has 0 fully saturated rings. The van der Waals surface area contributed by atoms with E-state index in [9.17, 15) is 13.2 Å². The fourth-order valence-corrected chi connectivity index (χ4v) is 5.43. The number of nitrogens with zero attached hydrogens (tertiary/aromatic N) is 2. The summed E-state index contributed by atoms with van der Waals surface area (Å²) in [4.78, 5) is 18.2. The summed E-state index contributed by atoms with van der Waals surface area (Å²) in [7, 11) is -3.68. The van der Waals surface area contributed by atoms with Crippen molar-refractivity contribution >= 4 is 44.4 Å². The minimum atomic E-state index is -3.68. The smallest absolute Gasteiger partial charge is 0.251 e. The Morgan fingerprint density at radius 1 is 1.19 bits per heavy atom. The molecule has 3 N–H and O–H groups in total. The molecule has 1 amide bonds. The molecule has 0 unspecified atom stereocenters. The Labute approximate surface area is 191 Å². The zero-order chi connectivity index (χ0) is 23.3. The number of nitrogens with one attached hydrogen (secondary N) is 1. The highest BCUT2D eigenvalue weighted by molar-refractivity contribution is 7.98. The number of allylic oxidation sites excluding steroid dienone is 4. The lowest BCUT2D eigenvalue weighted by Gasteiger charge is -2.20. The number of pyridine rings is 1. The molecule has 0 saturated heterocycles. The van der Waals surface area contributed by atoms with Crippen molar-refractivity contribution in [2.45, 2.75) is 36.1 Å². The van der Waals surface area contributed by atoms with Crippen molar-refractivity contribution in [3.05, 3.63) is 60.3 Å². The zero-order valence-corrected chi connectivity index (χ0v) is 19.8. The van der Waals surface area contributed by atoms with Crippen LogP contribution in [0, 0.1) is 0 Å². The van der Waals surface area contributed by atoms with E-state index >= 15 is 0 Å². The number of thioether (sulfide) groups is 1. The van der Waals surface area contributed by atoms with Crippen LogP contribution in [0.2, 0.25) is 0 Å². The molecule has 0 radical (unpaired) electrons. The van der Waals surface area contributed by atoms with Crippen LogP contribution in [0.5, 0.6) is 0 Å². The zero-order valence-electron chi connectivity index (χ0n) is 18.2. The first-order valence-corrected chi connectivity index (χ1v) is 12.6. The molecule has 0 bridgehead atoms. The van der Waals surface area contributed by atoms with Crippen LogP contribution in [0.4, 0.5) is 0 Å². The van der Waals surface area contributed by atoms with E-state index in [1.165, 1.54) is 23.9 Å². The Morgan fingerprint density at radius 3 is 2.34 bits per heavy atom. The highest BCUT2D eigenvalue weighted by Gasteiger charge is 2.27. The SMILES string of the molecule is CSc1cnc2c(c1)c(C(N)=O)c(-c1ccc(S(=O)(=O)NC(C)(C)C)cc1)n2C1=CC=C1. The van der Waals surface area contributed by atoms with Crippen LogP contribution in [0.1, 0.15) is 31.1 Å². The molecule has 0 aliphatic heterocycles. The summed E-state index contributed by atoms with van der Waals surface area (Å²) in [5.74, 6) is -0.571. The lowest BCUT2D eigenvalue weighted by molar-refractivity contribution is 0.100. The van der Waals surface area contributed by atoms with E-state index < -0.39 is 21.5 Å². The van der Waals surface area contributed by atoms with Crippen LogP contribution < -0.4 is 10.5 Å². The minimum Gasteiger partial charge on any atom is -0.366 e. The van der Waals surface area contributed by atoms with Crippen LogP contribution in [-0.4, -0.2) is 35.7 Å². The van der Waals surface area contributed by atoms with Gasteiger partial charge < -0.3 is 5.73 Å². The van der Waals surface area contributed by atoms with E-state index in [4.69, 9.17) is 5.73 Å². The molecule has 0 atom stereocenters. The Kier molecular flexibility index (Phi) is 5.52. The van der Waals surface area contributed by atoms with Crippen LogP contribution in [0.25, 0.3) is 28.0 Å². The number of benzene rings is 1. The lowest BCUT2D eigenvalue weighted by atomic mass is 10.0. The first-order valence-electron chi connectivity index (χ1n) is 9.93. The molecule has 2 aromatic heterocycles. The van der Waals surface area contributed by atoms with E-state index in [0.717, 1.165) is 10.6 Å². The van der Waals surface area contributed by atoms with Crippen molar-refractivity contribution in [3.8, 4) is 11.3 Å². The average Bonchev–Trinajstić information content (AvgIpc) is 2.99. The fourth-order valence-electron chi connectivity index (χ4n) is 3.62. The van der Waals surface area contributed by atoms with Gasteiger partial charge in [-0.1, -0.05) is 18.2 Å². The molecule has 4 rings (SSSR count). The van der Waals surface area contributed by atoms with Gasteiger partial charge in [-0.25, -0.2) is 18.1 Å². The second-order valence-electron chi connectivity index (χ2n) is 8.50. The lowest BCUT2D eigenvalue weighted by Crippen LogP contribution is -2.40. The predicted molar refractivity (Wildman–Crippen MR) is 129 cm³/mol. The van der Waals surface area contributed by atoms with Gasteiger partial charge in [-0.05, 0) is 62.9 Å². The van der Waals surface area contributed by atoms with Crippen LogP contribution in [-0.2, 0) is 10.0 Å². The van der Waals surface area contributed by atoms with Crippen molar-refractivity contribution in [2.75, 3.05) is 6.26 Å². The maximum atomic E-state index is 12.7. The molecule has 3 aromatic rings.